The molecule has 52 heavy (non-hydrogen) atoms. The van der Waals surface area contributed by atoms with Crippen molar-refractivity contribution in [2.24, 2.45) is 0 Å². The van der Waals surface area contributed by atoms with E-state index in [1.807, 2.05) is 66.3 Å². The van der Waals surface area contributed by atoms with Crippen LogP contribution in [-0.2, 0) is 20.1 Å². The van der Waals surface area contributed by atoms with Crippen molar-refractivity contribution < 1.29 is 20.1 Å². The van der Waals surface area contributed by atoms with Gasteiger partial charge in [0.1, 0.15) is 0 Å². The normalized spacial score (nSPS) is 11.7. The first kappa shape index (κ1) is 37.5. The standard InChI is InChI=1S/C31H28N3S.C14H16NSi.Ir/c1-18(2)21-8-6-9-22(19(3)4)29(21)34-27-17-32-15-14-26(27)33-31(34)24-11-7-10-23-25-16-20(5)12-13-28(25)35-30(23)24;1-16(2,3)13-9-10-14(15-11-13)12-7-5-4-6-8-12;/h6-10,12-19H,1-5H3;4-7,9-11H,1-3H3;/q2*-1;. The average molecular weight is 893 g/mol. The number of para-hydroxylation sites is 1. The Hall–Kier alpha value is -4.26. The van der Waals surface area contributed by atoms with E-state index in [1.165, 1.54) is 47.7 Å². The Kier molecular flexibility index (Phi) is 11.1. The number of aromatic nitrogens is 4. The number of nitrogens with zero attached hydrogens (tertiary/aromatic N) is 4. The van der Waals surface area contributed by atoms with Crippen molar-refractivity contribution in [1.29, 1.82) is 0 Å². The van der Waals surface area contributed by atoms with Crippen LogP contribution in [0.2, 0.25) is 19.6 Å². The Morgan fingerprint density at radius 1 is 0.769 bits per heavy atom. The molecule has 8 rings (SSSR count). The fourth-order valence-corrected chi connectivity index (χ4v) is 8.87. The summed E-state index contributed by atoms with van der Waals surface area (Å²) in [7, 11) is -1.23. The van der Waals surface area contributed by atoms with Crippen molar-refractivity contribution in [1.82, 2.24) is 19.5 Å². The van der Waals surface area contributed by atoms with Crippen molar-refractivity contribution in [2.45, 2.75) is 66.1 Å². The Morgan fingerprint density at radius 3 is 2.19 bits per heavy atom. The van der Waals surface area contributed by atoms with E-state index in [9.17, 15) is 0 Å². The number of hydrogen-bond acceptors (Lipinski definition) is 4. The average Bonchev–Trinajstić information content (AvgIpc) is 3.70. The van der Waals surface area contributed by atoms with E-state index >= 15 is 0 Å². The van der Waals surface area contributed by atoms with Crippen LogP contribution in [-0.4, -0.2) is 27.6 Å². The molecule has 4 aromatic heterocycles. The van der Waals surface area contributed by atoms with Crippen molar-refractivity contribution >= 4 is 55.8 Å². The SMILES string of the molecule is C[Si](C)(C)c1ccc(-c2[c-]cccc2)nc1.Cc1ccc2sc3c(-c4nc5ccncc5n4-c4c(C(C)C)cccc4C(C)C)[c-]ccc3c2c1.[Ir]. The Labute approximate surface area is 326 Å². The van der Waals surface area contributed by atoms with Gasteiger partial charge in [-0.05, 0) is 63.0 Å². The summed E-state index contributed by atoms with van der Waals surface area (Å²) in [5, 5.41) is 3.96. The van der Waals surface area contributed by atoms with Crippen LogP contribution in [0.25, 0.3) is 59.5 Å². The summed E-state index contributed by atoms with van der Waals surface area (Å²) < 4.78 is 4.86. The maximum absolute atomic E-state index is 5.20. The Bertz CT molecular complexity index is 2450. The van der Waals surface area contributed by atoms with Gasteiger partial charge < -0.3 is 9.55 Å². The third-order valence-corrected chi connectivity index (χ3v) is 12.7. The van der Waals surface area contributed by atoms with E-state index in [2.05, 4.69) is 136 Å². The summed E-state index contributed by atoms with van der Waals surface area (Å²) in [4.78, 5) is 14.2. The van der Waals surface area contributed by atoms with Crippen LogP contribution in [0, 0.1) is 19.1 Å². The van der Waals surface area contributed by atoms with Gasteiger partial charge in [0.05, 0.1) is 31.1 Å². The second-order valence-electron chi connectivity index (χ2n) is 14.9. The Balaban J connectivity index is 0.000000230. The molecule has 0 fully saturated rings. The molecule has 4 aromatic carbocycles. The van der Waals surface area contributed by atoms with Crippen LogP contribution in [0.5, 0.6) is 0 Å². The van der Waals surface area contributed by atoms with Gasteiger partial charge in [0.2, 0.25) is 0 Å². The van der Waals surface area contributed by atoms with E-state index < -0.39 is 8.07 Å². The molecule has 0 unspecified atom stereocenters. The zero-order chi connectivity index (χ0) is 35.9. The first-order valence-corrected chi connectivity index (χ1v) is 22.1. The molecule has 0 N–H and O–H groups in total. The van der Waals surface area contributed by atoms with E-state index in [0.29, 0.717) is 11.8 Å². The number of imidazole rings is 1. The minimum atomic E-state index is -1.23. The first-order valence-electron chi connectivity index (χ1n) is 17.7. The molecule has 0 spiro atoms. The molecular weight excluding hydrogens is 849 g/mol. The van der Waals surface area contributed by atoms with E-state index in [-0.39, 0.29) is 20.1 Å². The van der Waals surface area contributed by atoms with Gasteiger partial charge in [-0.15, -0.1) is 54.1 Å². The minimum Gasteiger partial charge on any atom is -0.331 e. The maximum Gasteiger partial charge on any atom is 0.0822 e. The molecule has 265 valence electrons. The smallest absolute Gasteiger partial charge is 0.0822 e. The van der Waals surface area contributed by atoms with Crippen LogP contribution in [0.15, 0.2) is 110 Å². The number of fused-ring (bicyclic) bond motifs is 4. The van der Waals surface area contributed by atoms with Gasteiger partial charge in [-0.1, -0.05) is 106 Å². The largest absolute Gasteiger partial charge is 0.331 e. The predicted molar refractivity (Wildman–Crippen MR) is 220 cm³/mol. The van der Waals surface area contributed by atoms with Gasteiger partial charge >= 0.3 is 0 Å². The maximum atomic E-state index is 5.20. The molecule has 0 aliphatic heterocycles. The van der Waals surface area contributed by atoms with Crippen LogP contribution in [0.4, 0.5) is 0 Å². The van der Waals surface area contributed by atoms with Gasteiger partial charge in [0.15, 0.2) is 0 Å². The molecule has 0 bridgehead atoms. The quantitative estimate of drug-likeness (QED) is 0.123. The summed E-state index contributed by atoms with van der Waals surface area (Å²) in [6.07, 6.45) is 5.79. The molecular formula is C45H44IrN4SSi-2. The molecule has 0 amide bonds. The number of thiophene rings is 1. The number of hydrogen-bond donors (Lipinski definition) is 0. The van der Waals surface area contributed by atoms with Gasteiger partial charge in [0, 0.05) is 42.9 Å². The number of rotatable bonds is 6. The van der Waals surface area contributed by atoms with Crippen LogP contribution < -0.4 is 5.19 Å². The van der Waals surface area contributed by atoms with Crippen LogP contribution in [0.3, 0.4) is 0 Å². The third kappa shape index (κ3) is 7.33. The van der Waals surface area contributed by atoms with Crippen LogP contribution >= 0.6 is 11.3 Å². The third-order valence-electron chi connectivity index (χ3n) is 9.45. The molecule has 0 saturated heterocycles. The van der Waals surface area contributed by atoms with Crippen molar-refractivity contribution in [3.63, 3.8) is 0 Å². The molecule has 4 heterocycles. The van der Waals surface area contributed by atoms with Gasteiger partial charge in [-0.3, -0.25) is 9.97 Å². The van der Waals surface area contributed by atoms with Gasteiger partial charge in [-0.2, -0.15) is 11.3 Å². The molecule has 0 aliphatic carbocycles. The molecule has 0 atom stereocenters. The summed E-state index contributed by atoms with van der Waals surface area (Å²) in [6.45, 7) is 18.2. The fourth-order valence-electron chi connectivity index (χ4n) is 6.66. The number of aryl methyl sites for hydroxylation is 1. The fraction of sp³-hybridized carbons (Fsp3) is 0.222. The van der Waals surface area contributed by atoms with E-state index in [0.717, 1.165) is 33.7 Å². The minimum absolute atomic E-state index is 0. The van der Waals surface area contributed by atoms with Crippen molar-refractivity contribution in [3.05, 3.63) is 138 Å². The number of pyridine rings is 2. The van der Waals surface area contributed by atoms with Gasteiger partial charge in [-0.25, -0.2) is 0 Å². The zero-order valence-corrected chi connectivity index (χ0v) is 35.3. The van der Waals surface area contributed by atoms with Crippen LogP contribution in [0.1, 0.15) is 56.2 Å². The first-order chi connectivity index (χ1) is 24.5. The molecule has 7 heteroatoms. The zero-order valence-electron chi connectivity index (χ0n) is 31.1. The summed E-state index contributed by atoms with van der Waals surface area (Å²) in [6, 6.07) is 38.7. The second kappa shape index (κ2) is 15.4. The molecule has 0 aliphatic rings. The molecule has 1 radical (unpaired) electrons. The van der Waals surface area contributed by atoms with E-state index in [1.54, 1.807) is 0 Å². The Morgan fingerprint density at radius 2 is 1.54 bits per heavy atom. The monoisotopic (exact) mass is 893 g/mol. The summed E-state index contributed by atoms with van der Waals surface area (Å²) in [5.74, 6) is 1.67. The van der Waals surface area contributed by atoms with E-state index in [4.69, 9.17) is 4.98 Å². The molecule has 8 aromatic rings. The van der Waals surface area contributed by atoms with Crippen molar-refractivity contribution in [3.8, 4) is 28.3 Å². The van der Waals surface area contributed by atoms with Crippen molar-refractivity contribution in [2.75, 3.05) is 0 Å². The summed E-state index contributed by atoms with van der Waals surface area (Å²) in [5.41, 5.74) is 10.2. The molecule has 0 saturated carbocycles. The summed E-state index contributed by atoms with van der Waals surface area (Å²) >= 11 is 1.83. The number of benzene rings is 4. The second-order valence-corrected chi connectivity index (χ2v) is 21.0. The predicted octanol–water partition coefficient (Wildman–Crippen LogP) is 11.9. The topological polar surface area (TPSA) is 43.6 Å². The van der Waals surface area contributed by atoms with Gasteiger partial charge in [0.25, 0.3) is 0 Å². The molecule has 4 nitrogen and oxygen atoms in total.